The van der Waals surface area contributed by atoms with Gasteiger partial charge in [-0.1, -0.05) is 13.8 Å². The maximum Gasteiger partial charge on any atom is 0.254 e. The molecule has 19 heavy (non-hydrogen) atoms. The van der Waals surface area contributed by atoms with E-state index in [0.29, 0.717) is 17.4 Å². The Morgan fingerprint density at radius 2 is 2.32 bits per heavy atom. The summed E-state index contributed by atoms with van der Waals surface area (Å²) in [4.78, 5) is 18.7. The van der Waals surface area contributed by atoms with Crippen LogP contribution in [0, 0.1) is 11.3 Å². The summed E-state index contributed by atoms with van der Waals surface area (Å²) < 4.78 is 0. The predicted octanol–water partition coefficient (Wildman–Crippen LogP) is 2.31. The number of aromatic nitrogens is 1. The lowest BCUT2D eigenvalue weighted by Crippen LogP contribution is -2.57. The summed E-state index contributed by atoms with van der Waals surface area (Å²) in [5, 5.41) is 0. The first-order valence-corrected chi connectivity index (χ1v) is 7.02. The minimum absolute atomic E-state index is 0.104. The molecule has 0 spiro atoms. The third kappa shape index (κ3) is 1.90. The van der Waals surface area contributed by atoms with Gasteiger partial charge in [-0.3, -0.25) is 4.79 Å². The number of nitrogens with two attached hydrogens (primary N) is 1. The first-order chi connectivity index (χ1) is 9.00. The molecule has 1 aromatic rings. The minimum Gasteiger partial charge on any atom is -0.384 e. The molecule has 102 valence electrons. The predicted molar refractivity (Wildman–Crippen MR) is 74.6 cm³/mol. The van der Waals surface area contributed by atoms with Crippen LogP contribution in [0.3, 0.4) is 0 Å². The van der Waals surface area contributed by atoms with E-state index in [2.05, 4.69) is 23.7 Å². The van der Waals surface area contributed by atoms with Crippen molar-refractivity contribution in [3.63, 3.8) is 0 Å². The fourth-order valence-electron chi connectivity index (χ4n) is 3.66. The van der Waals surface area contributed by atoms with Crippen LogP contribution in [-0.4, -0.2) is 28.4 Å². The molecule has 4 heteroatoms. The Morgan fingerprint density at radius 3 is 3.00 bits per heavy atom. The van der Waals surface area contributed by atoms with Crippen LogP contribution in [0.4, 0.5) is 5.82 Å². The number of carbonyl (C=O) groups is 1. The van der Waals surface area contributed by atoms with Crippen molar-refractivity contribution in [2.45, 2.75) is 39.2 Å². The van der Waals surface area contributed by atoms with Gasteiger partial charge in [0.1, 0.15) is 5.82 Å². The highest BCUT2D eigenvalue weighted by atomic mass is 16.2. The number of anilines is 1. The van der Waals surface area contributed by atoms with Crippen molar-refractivity contribution < 1.29 is 4.79 Å². The van der Waals surface area contributed by atoms with Crippen LogP contribution < -0.4 is 5.73 Å². The summed E-state index contributed by atoms with van der Waals surface area (Å²) in [6.45, 7) is 5.45. The Labute approximate surface area is 114 Å². The van der Waals surface area contributed by atoms with E-state index in [1.54, 1.807) is 18.3 Å². The van der Waals surface area contributed by atoms with Crippen molar-refractivity contribution in [2.24, 2.45) is 11.3 Å². The summed E-state index contributed by atoms with van der Waals surface area (Å²) in [6, 6.07) is 3.81. The number of amides is 1. The molecule has 3 heterocycles. The second-order valence-corrected chi connectivity index (χ2v) is 6.38. The average Bonchev–Trinajstić information content (AvgIpc) is 2.68. The van der Waals surface area contributed by atoms with Crippen LogP contribution in [0.15, 0.2) is 18.3 Å². The van der Waals surface area contributed by atoms with E-state index in [0.717, 1.165) is 25.3 Å². The molecule has 0 radical (unpaired) electrons. The van der Waals surface area contributed by atoms with Crippen molar-refractivity contribution in [3.05, 3.63) is 23.9 Å². The number of hydrogen-bond acceptors (Lipinski definition) is 3. The number of fused-ring (bicyclic) bond motifs is 3. The molecule has 4 nitrogen and oxygen atoms in total. The zero-order valence-corrected chi connectivity index (χ0v) is 11.6. The number of rotatable bonds is 1. The maximum absolute atomic E-state index is 12.7. The molecule has 2 bridgehead atoms. The second-order valence-electron chi connectivity index (χ2n) is 6.38. The van der Waals surface area contributed by atoms with E-state index in [9.17, 15) is 4.79 Å². The van der Waals surface area contributed by atoms with E-state index in [-0.39, 0.29) is 11.3 Å². The summed E-state index contributed by atoms with van der Waals surface area (Å²) in [5.41, 5.74) is 6.59. The fraction of sp³-hybridized carbons (Fsp3) is 0.600. The van der Waals surface area contributed by atoms with Gasteiger partial charge in [-0.15, -0.1) is 0 Å². The lowest BCUT2D eigenvalue weighted by Gasteiger charge is -2.54. The molecule has 3 aliphatic rings. The Bertz CT molecular complexity index is 512. The number of pyridine rings is 1. The second kappa shape index (κ2) is 4.22. The van der Waals surface area contributed by atoms with Gasteiger partial charge in [-0.2, -0.15) is 0 Å². The highest BCUT2D eigenvalue weighted by molar-refractivity contribution is 5.95. The molecule has 2 saturated heterocycles. The summed E-state index contributed by atoms with van der Waals surface area (Å²) in [5.74, 6) is 1.29. The fourth-order valence-corrected chi connectivity index (χ4v) is 3.66. The number of nitrogens with zero attached hydrogens (tertiary/aromatic N) is 2. The number of hydrogen-bond donors (Lipinski definition) is 1. The molecule has 2 atom stereocenters. The van der Waals surface area contributed by atoms with Crippen LogP contribution in [0.1, 0.15) is 43.5 Å². The van der Waals surface area contributed by atoms with E-state index < -0.39 is 0 Å². The van der Waals surface area contributed by atoms with Gasteiger partial charge in [0.2, 0.25) is 0 Å². The number of carbonyl (C=O) groups excluding carboxylic acids is 1. The molecule has 4 rings (SSSR count). The van der Waals surface area contributed by atoms with Gasteiger partial charge in [0, 0.05) is 24.3 Å². The van der Waals surface area contributed by atoms with Crippen LogP contribution in [0.5, 0.6) is 0 Å². The lowest BCUT2D eigenvalue weighted by molar-refractivity contribution is -0.0325. The molecule has 3 fully saturated rings. The van der Waals surface area contributed by atoms with Crippen molar-refractivity contribution >= 4 is 11.7 Å². The summed E-state index contributed by atoms with van der Waals surface area (Å²) >= 11 is 0. The molecule has 0 aromatic carbocycles. The first-order valence-electron chi connectivity index (χ1n) is 7.02. The van der Waals surface area contributed by atoms with Crippen LogP contribution in [0.2, 0.25) is 0 Å². The Balaban J connectivity index is 1.87. The SMILES string of the molecule is CC1(C)C2CCCN(C(=O)c3ccnc(N)c3)C1C2. The molecule has 2 unspecified atom stereocenters. The molecule has 2 N–H and O–H groups in total. The smallest absolute Gasteiger partial charge is 0.254 e. The lowest BCUT2D eigenvalue weighted by atomic mass is 9.57. The van der Waals surface area contributed by atoms with Gasteiger partial charge in [0.05, 0.1) is 0 Å². The summed E-state index contributed by atoms with van der Waals surface area (Å²) in [7, 11) is 0. The van der Waals surface area contributed by atoms with Crippen molar-refractivity contribution in [2.75, 3.05) is 12.3 Å². The van der Waals surface area contributed by atoms with E-state index in [4.69, 9.17) is 5.73 Å². The van der Waals surface area contributed by atoms with Crippen LogP contribution >= 0.6 is 0 Å². The Kier molecular flexibility index (Phi) is 2.77. The third-order valence-electron chi connectivity index (χ3n) is 5.04. The van der Waals surface area contributed by atoms with Crippen LogP contribution in [0.25, 0.3) is 0 Å². The molecule has 1 aliphatic carbocycles. The van der Waals surface area contributed by atoms with Gasteiger partial charge in [-0.05, 0) is 42.7 Å². The third-order valence-corrected chi connectivity index (χ3v) is 5.04. The van der Waals surface area contributed by atoms with E-state index >= 15 is 0 Å². The number of nitrogen functional groups attached to an aromatic ring is 1. The van der Waals surface area contributed by atoms with Gasteiger partial charge in [-0.25, -0.2) is 4.98 Å². The molecule has 2 aliphatic heterocycles. The molecule has 1 saturated carbocycles. The molecule has 1 amide bonds. The highest BCUT2D eigenvalue weighted by Gasteiger charge is 2.52. The van der Waals surface area contributed by atoms with Gasteiger partial charge >= 0.3 is 0 Å². The Morgan fingerprint density at radius 1 is 1.53 bits per heavy atom. The average molecular weight is 259 g/mol. The summed E-state index contributed by atoms with van der Waals surface area (Å²) in [6.07, 6.45) is 5.11. The van der Waals surface area contributed by atoms with Crippen molar-refractivity contribution in [3.8, 4) is 0 Å². The molecule has 1 aromatic heterocycles. The van der Waals surface area contributed by atoms with Crippen LogP contribution in [-0.2, 0) is 0 Å². The zero-order chi connectivity index (χ0) is 13.6. The zero-order valence-electron chi connectivity index (χ0n) is 11.6. The van der Waals surface area contributed by atoms with E-state index in [1.807, 2.05) is 0 Å². The van der Waals surface area contributed by atoms with Crippen molar-refractivity contribution in [1.82, 2.24) is 9.88 Å². The van der Waals surface area contributed by atoms with Gasteiger partial charge < -0.3 is 10.6 Å². The van der Waals surface area contributed by atoms with Crippen molar-refractivity contribution in [1.29, 1.82) is 0 Å². The minimum atomic E-state index is 0.104. The first kappa shape index (κ1) is 12.5. The quantitative estimate of drug-likeness (QED) is 0.842. The molecular formula is C15H21N3O. The van der Waals surface area contributed by atoms with Gasteiger partial charge in [0.25, 0.3) is 5.91 Å². The van der Waals surface area contributed by atoms with E-state index in [1.165, 1.54) is 6.42 Å². The largest absolute Gasteiger partial charge is 0.384 e. The highest BCUT2D eigenvalue weighted by Crippen LogP contribution is 2.53. The van der Waals surface area contributed by atoms with Gasteiger partial charge in [0.15, 0.2) is 0 Å². The molecular weight excluding hydrogens is 238 g/mol. The Hall–Kier alpha value is -1.58. The standard InChI is InChI=1S/C15H21N3O/c1-15(2)11-4-3-7-18(12(15)9-11)14(19)10-5-6-17-13(16)8-10/h5-6,8,11-12H,3-4,7,9H2,1-2H3,(H2,16,17). The normalized spacial score (nSPS) is 28.4. The monoisotopic (exact) mass is 259 g/mol. The maximum atomic E-state index is 12.7. The topological polar surface area (TPSA) is 59.2 Å².